The summed E-state index contributed by atoms with van der Waals surface area (Å²) in [6.45, 7) is 15.9. The molecule has 0 aromatic heterocycles. The molecule has 1 N–H and O–H groups in total. The Morgan fingerprint density at radius 3 is 2.63 bits per heavy atom. The third kappa shape index (κ3) is 3.54. The summed E-state index contributed by atoms with van der Waals surface area (Å²) < 4.78 is 25.5. The van der Waals surface area contributed by atoms with E-state index in [2.05, 4.69) is 38.3 Å². The molecular weight excluding hydrogens is 506 g/mol. The lowest BCUT2D eigenvalue weighted by atomic mass is 9.42. The van der Waals surface area contributed by atoms with Crippen molar-refractivity contribution >= 4 is 17.6 Å². The molecule has 2 aliphatic heterocycles. The lowest BCUT2D eigenvalue weighted by Gasteiger charge is -2.61. The molecule has 0 aromatic carbocycles. The maximum Gasteiger partial charge on any atom is 0.315 e. The SMILES string of the molecule is C=C(Cl)CN1C[C@H](OC[C@@]23C[C@@H]4[C@H](C)CC[C@H]4[C@@]4(C5OCCO5)C[C@@H]2C=C(C(C)C)[C@@]34C(=O)O)O[C@H](C)C1. The van der Waals surface area contributed by atoms with Crippen LogP contribution in [0, 0.1) is 45.8 Å². The molecule has 4 aliphatic carbocycles. The van der Waals surface area contributed by atoms with Gasteiger partial charge in [0.1, 0.15) is 5.41 Å². The minimum absolute atomic E-state index is 0.00896. The first kappa shape index (κ1) is 27.2. The average Bonchev–Trinajstić information content (AvgIpc) is 3.59. The van der Waals surface area contributed by atoms with Crippen molar-refractivity contribution in [3.8, 4) is 0 Å². The normalized spacial score (nSPS) is 46.5. The molecule has 0 aromatic rings. The Balaban J connectivity index is 1.42. The number of halogens is 1. The summed E-state index contributed by atoms with van der Waals surface area (Å²) in [5, 5.41) is 12.0. The Bertz CT molecular complexity index is 1010. The van der Waals surface area contributed by atoms with Crippen LogP contribution < -0.4 is 0 Å². The van der Waals surface area contributed by atoms with Crippen LogP contribution in [-0.2, 0) is 23.7 Å². The topological polar surface area (TPSA) is 77.5 Å². The molecule has 2 heterocycles. The molecule has 38 heavy (non-hydrogen) atoms. The standard InChI is InChI=1S/C30H44ClNO6/c1-17(2)24-10-21-11-29(27-35-8-9-36-27)23-7-6-18(3)22(23)12-28(21,30(24,29)26(33)34)16-37-25-15-32(13-19(4)31)14-20(5)38-25/h10,17-18,20-23,25,27H,4,6-9,11-16H2,1-3,5H3,(H,33,34)/t18-,20-,21+,22-,23-,25-,28+,29-,30-/m1/s1. The number of carboxylic acids is 1. The average molecular weight is 550 g/mol. The Hall–Kier alpha value is -0.960. The van der Waals surface area contributed by atoms with Gasteiger partial charge in [-0.15, -0.1) is 0 Å². The molecule has 0 unspecified atom stereocenters. The van der Waals surface area contributed by atoms with Crippen molar-refractivity contribution in [3.63, 3.8) is 0 Å². The molecule has 0 spiro atoms. The highest BCUT2D eigenvalue weighted by Crippen LogP contribution is 2.84. The van der Waals surface area contributed by atoms with E-state index >= 15 is 0 Å². The van der Waals surface area contributed by atoms with Crippen molar-refractivity contribution in [1.82, 2.24) is 4.90 Å². The second kappa shape index (κ2) is 9.56. The summed E-state index contributed by atoms with van der Waals surface area (Å²) >= 11 is 6.13. The fourth-order valence-corrected chi connectivity index (χ4v) is 10.4. The predicted octanol–water partition coefficient (Wildman–Crippen LogP) is 4.90. The smallest absolute Gasteiger partial charge is 0.315 e. The van der Waals surface area contributed by atoms with Gasteiger partial charge in [0, 0.05) is 35.5 Å². The number of carboxylic acid groups (broad SMARTS) is 1. The van der Waals surface area contributed by atoms with Gasteiger partial charge < -0.3 is 24.1 Å². The zero-order chi connectivity index (χ0) is 27.0. The van der Waals surface area contributed by atoms with Crippen LogP contribution in [0.25, 0.3) is 0 Å². The molecule has 0 radical (unpaired) electrons. The van der Waals surface area contributed by atoms with Gasteiger partial charge in [-0.1, -0.05) is 57.0 Å². The maximum absolute atomic E-state index is 14.0. The molecule has 5 fully saturated rings. The third-order valence-electron chi connectivity index (χ3n) is 11.2. The predicted molar refractivity (Wildman–Crippen MR) is 143 cm³/mol. The lowest BCUT2D eigenvalue weighted by molar-refractivity contribution is -0.261. The first-order valence-corrected chi connectivity index (χ1v) is 15.0. The van der Waals surface area contributed by atoms with E-state index in [0.717, 1.165) is 37.8 Å². The Morgan fingerprint density at radius 2 is 1.97 bits per heavy atom. The van der Waals surface area contributed by atoms with Crippen molar-refractivity contribution in [2.75, 3.05) is 39.5 Å². The second-order valence-corrected chi connectivity index (χ2v) is 13.9. The van der Waals surface area contributed by atoms with E-state index in [4.69, 9.17) is 30.5 Å². The van der Waals surface area contributed by atoms with Crippen LogP contribution in [0.5, 0.6) is 0 Å². The van der Waals surface area contributed by atoms with Crippen LogP contribution >= 0.6 is 11.6 Å². The van der Waals surface area contributed by atoms with Gasteiger partial charge in [0.05, 0.1) is 25.9 Å². The quantitative estimate of drug-likeness (QED) is 0.431. The number of hydrogen-bond donors (Lipinski definition) is 1. The molecule has 8 heteroatoms. The molecule has 3 saturated carbocycles. The number of aliphatic carboxylic acids is 1. The van der Waals surface area contributed by atoms with Crippen molar-refractivity contribution in [3.05, 3.63) is 23.3 Å². The fourth-order valence-electron chi connectivity index (χ4n) is 10.2. The first-order chi connectivity index (χ1) is 18.1. The van der Waals surface area contributed by atoms with Crippen molar-refractivity contribution in [2.45, 2.75) is 72.1 Å². The van der Waals surface area contributed by atoms with E-state index in [9.17, 15) is 9.90 Å². The molecule has 9 atom stereocenters. The minimum Gasteiger partial charge on any atom is -0.481 e. The molecule has 0 amide bonds. The van der Waals surface area contributed by atoms with Gasteiger partial charge in [-0.2, -0.15) is 0 Å². The van der Waals surface area contributed by atoms with Gasteiger partial charge in [0.2, 0.25) is 0 Å². The second-order valence-electron chi connectivity index (χ2n) is 13.3. The van der Waals surface area contributed by atoms with Gasteiger partial charge in [-0.25, -0.2) is 0 Å². The molecule has 6 rings (SSSR count). The summed E-state index contributed by atoms with van der Waals surface area (Å²) in [5.74, 6) is 0.752. The number of fused-ring (bicyclic) bond motifs is 2. The highest BCUT2D eigenvalue weighted by Gasteiger charge is 2.86. The number of ether oxygens (including phenoxy) is 4. The number of nitrogens with zero attached hydrogens (tertiary/aromatic N) is 1. The number of allylic oxidation sites excluding steroid dienone is 1. The van der Waals surface area contributed by atoms with Gasteiger partial charge in [-0.05, 0) is 55.8 Å². The number of carbonyl (C=O) groups is 1. The van der Waals surface area contributed by atoms with E-state index < -0.39 is 34.8 Å². The summed E-state index contributed by atoms with van der Waals surface area (Å²) in [5.41, 5.74) is -1.17. The Labute approximate surface area is 231 Å². The van der Waals surface area contributed by atoms with Gasteiger partial charge in [0.25, 0.3) is 0 Å². The Morgan fingerprint density at radius 1 is 1.24 bits per heavy atom. The van der Waals surface area contributed by atoms with E-state index in [1.165, 1.54) is 0 Å². The number of rotatable bonds is 8. The monoisotopic (exact) mass is 549 g/mol. The van der Waals surface area contributed by atoms with Gasteiger partial charge in [-0.3, -0.25) is 9.69 Å². The Kier molecular flexibility index (Phi) is 6.85. The van der Waals surface area contributed by atoms with Crippen LogP contribution in [0.3, 0.4) is 0 Å². The van der Waals surface area contributed by atoms with Crippen LogP contribution in [0.1, 0.15) is 53.4 Å². The fraction of sp³-hybridized carbons (Fsp3) is 0.833. The highest BCUT2D eigenvalue weighted by atomic mass is 35.5. The zero-order valence-corrected chi connectivity index (χ0v) is 24.0. The minimum atomic E-state index is -1.08. The third-order valence-corrected chi connectivity index (χ3v) is 11.3. The van der Waals surface area contributed by atoms with Gasteiger partial charge in [0.15, 0.2) is 12.6 Å². The summed E-state index contributed by atoms with van der Waals surface area (Å²) in [6, 6.07) is 0. The molecule has 212 valence electrons. The molecule has 7 nitrogen and oxygen atoms in total. The van der Waals surface area contributed by atoms with Crippen molar-refractivity contribution < 1.29 is 28.8 Å². The van der Waals surface area contributed by atoms with Crippen LogP contribution in [0.15, 0.2) is 23.3 Å². The lowest BCUT2D eigenvalue weighted by Crippen LogP contribution is -2.66. The van der Waals surface area contributed by atoms with Crippen LogP contribution in [0.2, 0.25) is 0 Å². The summed E-state index contributed by atoms with van der Waals surface area (Å²) in [6.07, 6.45) is 5.20. The van der Waals surface area contributed by atoms with Gasteiger partial charge >= 0.3 is 5.97 Å². The van der Waals surface area contributed by atoms with E-state index in [0.29, 0.717) is 49.8 Å². The molecule has 4 bridgehead atoms. The zero-order valence-electron chi connectivity index (χ0n) is 23.3. The summed E-state index contributed by atoms with van der Waals surface area (Å²) in [4.78, 5) is 16.2. The van der Waals surface area contributed by atoms with E-state index in [-0.39, 0.29) is 23.9 Å². The summed E-state index contributed by atoms with van der Waals surface area (Å²) in [7, 11) is 0. The number of morpholine rings is 1. The largest absolute Gasteiger partial charge is 0.481 e. The molecule has 6 aliphatic rings. The van der Waals surface area contributed by atoms with E-state index in [1.54, 1.807) is 0 Å². The molecular formula is C30H44ClNO6. The van der Waals surface area contributed by atoms with Crippen LogP contribution in [0.4, 0.5) is 0 Å². The number of hydrogen-bond acceptors (Lipinski definition) is 6. The van der Waals surface area contributed by atoms with Crippen LogP contribution in [-0.4, -0.2) is 74.1 Å². The van der Waals surface area contributed by atoms with Crippen molar-refractivity contribution in [1.29, 1.82) is 0 Å². The maximum atomic E-state index is 14.0. The first-order valence-electron chi connectivity index (χ1n) is 14.6. The van der Waals surface area contributed by atoms with E-state index in [1.807, 2.05) is 6.92 Å². The van der Waals surface area contributed by atoms with Crippen molar-refractivity contribution in [2.24, 2.45) is 45.8 Å². The highest BCUT2D eigenvalue weighted by molar-refractivity contribution is 6.29. The molecule has 2 saturated heterocycles.